The van der Waals surface area contributed by atoms with Crippen molar-refractivity contribution in [1.29, 1.82) is 0 Å². The average molecular weight is 731 g/mol. The minimum atomic E-state index is 0.570. The summed E-state index contributed by atoms with van der Waals surface area (Å²) in [7, 11) is 0. The van der Waals surface area contributed by atoms with Crippen LogP contribution in [0.2, 0.25) is 0 Å². The van der Waals surface area contributed by atoms with Gasteiger partial charge in [0.2, 0.25) is 0 Å². The molecular weight excluding hydrogens is 701 g/mol. The Balaban J connectivity index is 1.22. The van der Waals surface area contributed by atoms with E-state index in [4.69, 9.17) is 23.8 Å². The summed E-state index contributed by atoms with van der Waals surface area (Å²) in [6, 6.07) is 62.4. The SMILES string of the molecule is c1ccc(-c2nc(-c3ccccc3)nc(-c3cccc4oc5c(-c6ccccc6)ccc(-n6c7ccccc7c7c8c(ccc76)oc6ccccc68)c5c34)n2)cc1. The van der Waals surface area contributed by atoms with E-state index in [1.165, 1.54) is 0 Å². The molecule has 0 N–H and O–H groups in total. The van der Waals surface area contributed by atoms with Crippen LogP contribution in [0.25, 0.3) is 117 Å². The number of hydrogen-bond acceptors (Lipinski definition) is 5. The van der Waals surface area contributed by atoms with Crippen LogP contribution in [0.3, 0.4) is 0 Å². The van der Waals surface area contributed by atoms with Gasteiger partial charge in [-0.25, -0.2) is 15.0 Å². The first-order valence-electron chi connectivity index (χ1n) is 19.0. The highest BCUT2D eigenvalue weighted by molar-refractivity contribution is 6.28. The molecule has 0 aliphatic rings. The zero-order valence-electron chi connectivity index (χ0n) is 30.4. The number of rotatable bonds is 5. The summed E-state index contributed by atoms with van der Waals surface area (Å²) in [4.78, 5) is 15.4. The number of hydrogen-bond donors (Lipinski definition) is 0. The molecule has 0 fully saturated rings. The highest BCUT2D eigenvalue weighted by atomic mass is 16.3. The Morgan fingerprint density at radius 1 is 0.333 bits per heavy atom. The Bertz CT molecular complexity index is 3450. The van der Waals surface area contributed by atoms with E-state index < -0.39 is 0 Å². The molecule has 0 aliphatic heterocycles. The summed E-state index contributed by atoms with van der Waals surface area (Å²) in [6.45, 7) is 0. The number of aromatic nitrogens is 4. The van der Waals surface area contributed by atoms with Crippen molar-refractivity contribution in [1.82, 2.24) is 19.5 Å². The Hall–Kier alpha value is -7.83. The fraction of sp³-hybridized carbons (Fsp3) is 0. The molecule has 4 heterocycles. The molecule has 0 spiro atoms. The van der Waals surface area contributed by atoms with Crippen molar-refractivity contribution in [2.45, 2.75) is 0 Å². The van der Waals surface area contributed by atoms with Crippen molar-refractivity contribution in [2.24, 2.45) is 0 Å². The van der Waals surface area contributed by atoms with Gasteiger partial charge in [-0.05, 0) is 48.0 Å². The average Bonchev–Trinajstić information content (AvgIpc) is 3.97. The topological polar surface area (TPSA) is 69.9 Å². The summed E-state index contributed by atoms with van der Waals surface area (Å²) in [5.41, 5.74) is 11.2. The van der Waals surface area contributed by atoms with Crippen molar-refractivity contribution in [2.75, 3.05) is 0 Å². The van der Waals surface area contributed by atoms with Gasteiger partial charge in [-0.3, -0.25) is 0 Å². The van der Waals surface area contributed by atoms with Crippen LogP contribution in [0, 0.1) is 0 Å². The maximum absolute atomic E-state index is 7.01. The maximum Gasteiger partial charge on any atom is 0.164 e. The molecule has 4 aromatic heterocycles. The van der Waals surface area contributed by atoms with E-state index in [2.05, 4.69) is 95.6 Å². The van der Waals surface area contributed by atoms with Crippen molar-refractivity contribution in [3.63, 3.8) is 0 Å². The number of nitrogens with zero attached hydrogens (tertiary/aromatic N) is 4. The summed E-state index contributed by atoms with van der Waals surface area (Å²) in [5.74, 6) is 1.78. The third kappa shape index (κ3) is 4.81. The molecule has 0 unspecified atom stereocenters. The van der Waals surface area contributed by atoms with E-state index in [0.717, 1.165) is 99.2 Å². The van der Waals surface area contributed by atoms with Gasteiger partial charge in [0.05, 0.1) is 22.1 Å². The monoisotopic (exact) mass is 730 g/mol. The number of furan rings is 2. The van der Waals surface area contributed by atoms with Crippen LogP contribution in [0.5, 0.6) is 0 Å². The number of para-hydroxylation sites is 2. The summed E-state index contributed by atoms with van der Waals surface area (Å²) in [5, 5.41) is 6.42. The Kier molecular flexibility index (Phi) is 6.83. The third-order valence-corrected chi connectivity index (χ3v) is 11.1. The van der Waals surface area contributed by atoms with Gasteiger partial charge in [0, 0.05) is 49.2 Å². The van der Waals surface area contributed by atoms with Crippen molar-refractivity contribution in [3.8, 4) is 51.0 Å². The van der Waals surface area contributed by atoms with Crippen LogP contribution in [-0.2, 0) is 0 Å². The minimum Gasteiger partial charge on any atom is -0.456 e. The lowest BCUT2D eigenvalue weighted by Gasteiger charge is -2.13. The first kappa shape index (κ1) is 31.5. The zero-order valence-corrected chi connectivity index (χ0v) is 30.4. The smallest absolute Gasteiger partial charge is 0.164 e. The van der Waals surface area contributed by atoms with Crippen LogP contribution in [-0.4, -0.2) is 19.5 Å². The fourth-order valence-corrected chi connectivity index (χ4v) is 8.58. The molecule has 0 atom stereocenters. The first-order valence-corrected chi connectivity index (χ1v) is 19.0. The van der Waals surface area contributed by atoms with Crippen LogP contribution < -0.4 is 0 Å². The Morgan fingerprint density at radius 3 is 1.67 bits per heavy atom. The van der Waals surface area contributed by atoms with Gasteiger partial charge >= 0.3 is 0 Å². The molecule has 0 aliphatic carbocycles. The summed E-state index contributed by atoms with van der Waals surface area (Å²) >= 11 is 0. The van der Waals surface area contributed by atoms with Gasteiger partial charge in [0.15, 0.2) is 17.5 Å². The largest absolute Gasteiger partial charge is 0.456 e. The lowest BCUT2D eigenvalue weighted by atomic mass is 9.98. The highest BCUT2D eigenvalue weighted by Crippen LogP contribution is 2.47. The molecule has 57 heavy (non-hydrogen) atoms. The lowest BCUT2D eigenvalue weighted by molar-refractivity contribution is 0.669. The van der Waals surface area contributed by atoms with Crippen LogP contribution in [0.4, 0.5) is 0 Å². The van der Waals surface area contributed by atoms with Gasteiger partial charge in [0.25, 0.3) is 0 Å². The van der Waals surface area contributed by atoms with Crippen molar-refractivity contribution in [3.05, 3.63) is 182 Å². The predicted octanol–water partition coefficient (Wildman–Crippen LogP) is 13.4. The van der Waals surface area contributed by atoms with Gasteiger partial charge in [-0.15, -0.1) is 0 Å². The van der Waals surface area contributed by atoms with E-state index >= 15 is 0 Å². The van der Waals surface area contributed by atoms with Crippen molar-refractivity contribution >= 4 is 65.7 Å². The minimum absolute atomic E-state index is 0.570. The quantitative estimate of drug-likeness (QED) is 0.176. The second-order valence-electron chi connectivity index (χ2n) is 14.3. The predicted molar refractivity (Wildman–Crippen MR) is 230 cm³/mol. The van der Waals surface area contributed by atoms with Gasteiger partial charge in [-0.1, -0.05) is 140 Å². The molecule has 0 saturated carbocycles. The van der Waals surface area contributed by atoms with Crippen LogP contribution in [0.15, 0.2) is 191 Å². The summed E-state index contributed by atoms with van der Waals surface area (Å²) in [6.07, 6.45) is 0. The molecule has 0 saturated heterocycles. The Labute approximate surface area is 325 Å². The van der Waals surface area contributed by atoms with Gasteiger partial charge in [-0.2, -0.15) is 0 Å². The second kappa shape index (κ2) is 12.3. The molecule has 6 heteroatoms. The molecule has 0 bridgehead atoms. The maximum atomic E-state index is 7.01. The van der Waals surface area contributed by atoms with E-state index in [1.807, 2.05) is 91.0 Å². The Morgan fingerprint density at radius 2 is 0.930 bits per heavy atom. The number of benzene rings is 8. The molecule has 0 amide bonds. The van der Waals surface area contributed by atoms with E-state index in [0.29, 0.717) is 17.5 Å². The molecule has 0 radical (unpaired) electrons. The van der Waals surface area contributed by atoms with Gasteiger partial charge in [0.1, 0.15) is 22.3 Å². The van der Waals surface area contributed by atoms with E-state index in [-0.39, 0.29) is 0 Å². The molecule has 12 rings (SSSR count). The normalized spacial score (nSPS) is 11.9. The van der Waals surface area contributed by atoms with E-state index in [1.54, 1.807) is 0 Å². The van der Waals surface area contributed by atoms with Crippen LogP contribution in [0.1, 0.15) is 0 Å². The molecule has 6 nitrogen and oxygen atoms in total. The number of fused-ring (bicyclic) bond motifs is 10. The zero-order chi connectivity index (χ0) is 37.5. The molecule has 12 aromatic rings. The standard InChI is InChI=1S/C51H30N4O2/c1-4-15-31(16-5-1)34-27-28-40(55-38-24-12-10-21-35(38)44-39(55)29-30-43-45(44)36-22-11-13-25-41(36)56-43)47-46-37(23-14-26-42(46)57-48(34)47)51-53-49(32-17-6-2-7-18-32)52-50(54-51)33-19-8-3-9-20-33/h1-30H. The summed E-state index contributed by atoms with van der Waals surface area (Å²) < 4.78 is 15.8. The fourth-order valence-electron chi connectivity index (χ4n) is 8.58. The molecule has 8 aromatic carbocycles. The second-order valence-corrected chi connectivity index (χ2v) is 14.3. The van der Waals surface area contributed by atoms with Crippen molar-refractivity contribution < 1.29 is 8.83 Å². The molecular formula is C51H30N4O2. The van der Waals surface area contributed by atoms with Gasteiger partial charge < -0.3 is 13.4 Å². The van der Waals surface area contributed by atoms with Crippen LogP contribution >= 0.6 is 0 Å². The lowest BCUT2D eigenvalue weighted by Crippen LogP contribution is -2.00. The first-order chi connectivity index (χ1) is 28.3. The highest BCUT2D eigenvalue weighted by Gasteiger charge is 2.25. The molecule has 266 valence electrons. The third-order valence-electron chi connectivity index (χ3n) is 11.1. The van der Waals surface area contributed by atoms with E-state index in [9.17, 15) is 0 Å².